The van der Waals surface area contributed by atoms with Crippen LogP contribution in [0.4, 0.5) is 0 Å². The van der Waals surface area contributed by atoms with Crippen molar-refractivity contribution >= 4 is 11.9 Å². The van der Waals surface area contributed by atoms with Crippen LogP contribution in [0.3, 0.4) is 0 Å². The van der Waals surface area contributed by atoms with Crippen LogP contribution in [0.15, 0.2) is 72.8 Å². The predicted molar refractivity (Wildman–Crippen MR) is 134 cm³/mol. The van der Waals surface area contributed by atoms with Gasteiger partial charge in [0, 0.05) is 26.2 Å². The summed E-state index contributed by atoms with van der Waals surface area (Å²) < 4.78 is 10.4. The van der Waals surface area contributed by atoms with Crippen molar-refractivity contribution in [2.75, 3.05) is 39.9 Å². The van der Waals surface area contributed by atoms with Crippen molar-refractivity contribution in [3.8, 4) is 5.75 Å². The lowest BCUT2D eigenvalue weighted by atomic mass is 9.93. The van der Waals surface area contributed by atoms with Gasteiger partial charge in [0.05, 0.1) is 18.7 Å². The number of rotatable bonds is 5. The first-order valence-corrected chi connectivity index (χ1v) is 12.1. The molecule has 1 amide bonds. The van der Waals surface area contributed by atoms with E-state index in [0.29, 0.717) is 24.4 Å². The third-order valence-corrected chi connectivity index (χ3v) is 7.03. The van der Waals surface area contributed by atoms with E-state index in [-0.39, 0.29) is 18.6 Å². The van der Waals surface area contributed by atoms with Crippen molar-refractivity contribution in [1.29, 1.82) is 0 Å². The molecule has 1 heterocycles. The largest absolute Gasteiger partial charge is 0.484 e. The zero-order valence-corrected chi connectivity index (χ0v) is 20.0. The van der Waals surface area contributed by atoms with Gasteiger partial charge in [0.2, 0.25) is 0 Å². The topological polar surface area (TPSA) is 59.1 Å². The average molecular weight is 471 g/mol. The average Bonchev–Trinajstić information content (AvgIpc) is 3.08. The minimum Gasteiger partial charge on any atom is -0.484 e. The van der Waals surface area contributed by atoms with Crippen LogP contribution >= 0.6 is 0 Å². The molecule has 0 radical (unpaired) electrons. The number of methoxy groups -OCH3 is 1. The van der Waals surface area contributed by atoms with Crippen LogP contribution < -0.4 is 4.74 Å². The number of benzene rings is 3. The maximum atomic E-state index is 12.8. The molecule has 180 valence electrons. The van der Waals surface area contributed by atoms with Gasteiger partial charge in [-0.1, -0.05) is 48.5 Å². The van der Waals surface area contributed by atoms with Crippen LogP contribution in [0.2, 0.25) is 0 Å². The van der Waals surface area contributed by atoms with Crippen molar-refractivity contribution in [2.45, 2.75) is 18.9 Å². The van der Waals surface area contributed by atoms with Gasteiger partial charge in [0.1, 0.15) is 5.75 Å². The molecule has 0 N–H and O–H groups in total. The number of carbonyl (C=O) groups excluding carboxylic acids is 2. The fraction of sp³-hybridized carbons (Fsp3) is 0.310. The smallest absolute Gasteiger partial charge is 0.337 e. The molecule has 0 bridgehead atoms. The highest BCUT2D eigenvalue weighted by molar-refractivity contribution is 5.89. The zero-order valence-electron chi connectivity index (χ0n) is 20.0. The van der Waals surface area contributed by atoms with E-state index in [1.165, 1.54) is 29.4 Å². The van der Waals surface area contributed by atoms with Crippen LogP contribution in [0, 0.1) is 0 Å². The summed E-state index contributed by atoms with van der Waals surface area (Å²) >= 11 is 0. The molecule has 2 aliphatic rings. The van der Waals surface area contributed by atoms with E-state index in [4.69, 9.17) is 9.47 Å². The summed E-state index contributed by atoms with van der Waals surface area (Å²) in [5.41, 5.74) is 6.05. The van der Waals surface area contributed by atoms with Crippen molar-refractivity contribution in [3.63, 3.8) is 0 Å². The second kappa shape index (κ2) is 10.3. The Bertz CT molecular complexity index is 1150. The summed E-state index contributed by atoms with van der Waals surface area (Å²) in [6.07, 6.45) is 2.11. The first kappa shape index (κ1) is 23.1. The lowest BCUT2D eigenvalue weighted by Gasteiger charge is -2.40. The Labute approximate surface area is 206 Å². The standard InChI is InChI=1S/C29H30N2O4/c1-34-29(33)23-12-14-24(15-13-23)35-20-27(32)30-16-18-31(19-17-30)28-25-8-4-2-6-21(25)10-11-22-7-3-5-9-26(22)28/h2-9,12-15,28H,10-11,16-20H2,1H3. The van der Waals surface area contributed by atoms with Gasteiger partial charge < -0.3 is 14.4 Å². The van der Waals surface area contributed by atoms with Gasteiger partial charge >= 0.3 is 5.97 Å². The molecular weight excluding hydrogens is 440 g/mol. The van der Waals surface area contributed by atoms with Gasteiger partial charge in [-0.2, -0.15) is 0 Å². The maximum absolute atomic E-state index is 12.8. The molecule has 6 heteroatoms. The molecule has 0 saturated carbocycles. The first-order chi connectivity index (χ1) is 17.1. The number of esters is 1. The van der Waals surface area contributed by atoms with E-state index in [9.17, 15) is 9.59 Å². The number of nitrogens with zero attached hydrogens (tertiary/aromatic N) is 2. The molecular formula is C29H30N2O4. The van der Waals surface area contributed by atoms with Gasteiger partial charge in [0.25, 0.3) is 5.91 Å². The summed E-state index contributed by atoms with van der Waals surface area (Å²) in [6.45, 7) is 2.95. The molecule has 6 nitrogen and oxygen atoms in total. The third kappa shape index (κ3) is 4.93. The van der Waals surface area contributed by atoms with Gasteiger partial charge in [0.15, 0.2) is 6.61 Å². The molecule has 0 unspecified atom stereocenters. The van der Waals surface area contributed by atoms with Gasteiger partial charge in [-0.05, 0) is 59.4 Å². The maximum Gasteiger partial charge on any atom is 0.337 e. The Balaban J connectivity index is 1.23. The van der Waals surface area contributed by atoms with Crippen molar-refractivity contribution in [3.05, 3.63) is 101 Å². The number of hydrogen-bond donors (Lipinski definition) is 0. The Kier molecular flexibility index (Phi) is 6.82. The van der Waals surface area contributed by atoms with Crippen LogP contribution in [-0.4, -0.2) is 61.6 Å². The Hall–Kier alpha value is -3.64. The predicted octanol–water partition coefficient (Wildman–Crippen LogP) is 3.88. The Morgan fingerprint density at radius 2 is 1.37 bits per heavy atom. The van der Waals surface area contributed by atoms with Crippen LogP contribution in [-0.2, 0) is 22.4 Å². The first-order valence-electron chi connectivity index (χ1n) is 12.1. The SMILES string of the molecule is COC(=O)c1ccc(OCC(=O)N2CCN(C3c4ccccc4CCc4ccccc43)CC2)cc1. The number of ether oxygens (including phenoxy) is 2. The fourth-order valence-corrected chi connectivity index (χ4v) is 5.16. The van der Waals surface area contributed by atoms with E-state index < -0.39 is 5.97 Å². The highest BCUT2D eigenvalue weighted by Gasteiger charge is 2.31. The summed E-state index contributed by atoms with van der Waals surface area (Å²) in [4.78, 5) is 28.8. The second-order valence-corrected chi connectivity index (χ2v) is 9.02. The summed E-state index contributed by atoms with van der Waals surface area (Å²) in [5, 5.41) is 0. The van der Waals surface area contributed by atoms with Crippen LogP contribution in [0.25, 0.3) is 0 Å². The number of piperazine rings is 1. The second-order valence-electron chi connectivity index (χ2n) is 9.02. The summed E-state index contributed by atoms with van der Waals surface area (Å²) in [6, 6.07) is 24.4. The Morgan fingerprint density at radius 1 is 0.800 bits per heavy atom. The Morgan fingerprint density at radius 3 is 1.94 bits per heavy atom. The normalized spacial score (nSPS) is 16.1. The monoisotopic (exact) mass is 470 g/mol. The molecule has 3 aromatic rings. The van der Waals surface area contributed by atoms with Crippen LogP contribution in [0.5, 0.6) is 5.75 Å². The van der Waals surface area contributed by atoms with E-state index in [0.717, 1.165) is 25.9 Å². The molecule has 1 aliphatic carbocycles. The highest BCUT2D eigenvalue weighted by atomic mass is 16.5. The van der Waals surface area contributed by atoms with Gasteiger partial charge in [-0.3, -0.25) is 9.69 Å². The molecule has 0 atom stereocenters. The van der Waals surface area contributed by atoms with Crippen LogP contribution in [0.1, 0.15) is 38.7 Å². The van der Waals surface area contributed by atoms with Gasteiger partial charge in [-0.15, -0.1) is 0 Å². The lowest BCUT2D eigenvalue weighted by Crippen LogP contribution is -2.51. The number of hydrogen-bond acceptors (Lipinski definition) is 5. The molecule has 3 aromatic carbocycles. The minimum atomic E-state index is -0.399. The number of amides is 1. The number of carbonyl (C=O) groups is 2. The molecule has 1 saturated heterocycles. The fourth-order valence-electron chi connectivity index (χ4n) is 5.16. The summed E-state index contributed by atoms with van der Waals surface area (Å²) in [5.74, 6) is 0.129. The molecule has 1 fully saturated rings. The van der Waals surface area contributed by atoms with Gasteiger partial charge in [-0.25, -0.2) is 4.79 Å². The highest BCUT2D eigenvalue weighted by Crippen LogP contribution is 2.37. The van der Waals surface area contributed by atoms with E-state index in [2.05, 4.69) is 53.4 Å². The zero-order chi connectivity index (χ0) is 24.2. The van der Waals surface area contributed by atoms with E-state index in [1.807, 2.05) is 4.90 Å². The quantitative estimate of drug-likeness (QED) is 0.530. The number of fused-ring (bicyclic) bond motifs is 2. The minimum absolute atomic E-state index is 0.0212. The molecule has 0 spiro atoms. The van der Waals surface area contributed by atoms with Crippen molar-refractivity contribution < 1.29 is 19.1 Å². The molecule has 35 heavy (non-hydrogen) atoms. The summed E-state index contributed by atoms with van der Waals surface area (Å²) in [7, 11) is 1.35. The molecule has 5 rings (SSSR count). The van der Waals surface area contributed by atoms with Crippen molar-refractivity contribution in [2.24, 2.45) is 0 Å². The van der Waals surface area contributed by atoms with Crippen molar-refractivity contribution in [1.82, 2.24) is 9.80 Å². The molecule has 0 aromatic heterocycles. The third-order valence-electron chi connectivity index (χ3n) is 7.03. The lowest BCUT2D eigenvalue weighted by molar-refractivity contribution is -0.135. The number of aryl methyl sites for hydroxylation is 2. The van der Waals surface area contributed by atoms with E-state index in [1.54, 1.807) is 24.3 Å². The molecule has 1 aliphatic heterocycles. The van der Waals surface area contributed by atoms with E-state index >= 15 is 0 Å².